The number of carbonyl (C=O) groups is 1. The molecule has 0 aliphatic carbocycles. The summed E-state index contributed by atoms with van der Waals surface area (Å²) in [6.07, 6.45) is -0.935. The average molecular weight is 430 g/mol. The molecule has 1 atom stereocenters. The molecule has 4 rings (SSSR count). The highest BCUT2D eigenvalue weighted by molar-refractivity contribution is 5.72. The fourth-order valence-corrected chi connectivity index (χ4v) is 4.00. The molecule has 1 amide bonds. The summed E-state index contributed by atoms with van der Waals surface area (Å²) in [5, 5.41) is 23.0. The number of aromatic hydroxyl groups is 1. The lowest BCUT2D eigenvalue weighted by Crippen LogP contribution is -2.55. The van der Waals surface area contributed by atoms with Crippen molar-refractivity contribution in [1.29, 1.82) is 0 Å². The van der Waals surface area contributed by atoms with E-state index in [9.17, 15) is 19.4 Å². The normalized spacial score (nSPS) is 19.1. The molecule has 1 fully saturated rings. The van der Waals surface area contributed by atoms with E-state index in [0.29, 0.717) is 44.4 Å². The molecule has 2 aliphatic rings. The number of fused-ring (bicyclic) bond motifs is 2. The highest BCUT2D eigenvalue weighted by Crippen LogP contribution is 2.39. The topological polar surface area (TPSA) is 98.2 Å². The number of nitrogens with zero attached hydrogens (tertiary/aromatic N) is 3. The van der Waals surface area contributed by atoms with E-state index in [-0.39, 0.29) is 28.6 Å². The van der Waals surface area contributed by atoms with Gasteiger partial charge in [0.2, 0.25) is 0 Å². The van der Waals surface area contributed by atoms with E-state index in [0.717, 1.165) is 5.56 Å². The first-order valence-corrected chi connectivity index (χ1v) is 10.3. The number of pyridine rings is 1. The number of halogens is 1. The first kappa shape index (κ1) is 21.2. The van der Waals surface area contributed by atoms with Gasteiger partial charge in [0.25, 0.3) is 0 Å². The van der Waals surface area contributed by atoms with Gasteiger partial charge in [-0.25, -0.2) is 14.2 Å². The van der Waals surface area contributed by atoms with Gasteiger partial charge in [-0.15, -0.1) is 0 Å². The van der Waals surface area contributed by atoms with Gasteiger partial charge in [0.1, 0.15) is 29.7 Å². The summed E-state index contributed by atoms with van der Waals surface area (Å²) in [7, 11) is 0. The maximum atomic E-state index is 14.5. The number of amides is 1. The summed E-state index contributed by atoms with van der Waals surface area (Å²) < 4.78 is 20.6. The second kappa shape index (κ2) is 7.88. The Balaban J connectivity index is 1.77. The van der Waals surface area contributed by atoms with Gasteiger partial charge in [-0.2, -0.15) is 0 Å². The van der Waals surface area contributed by atoms with E-state index in [1.807, 2.05) is 20.8 Å². The largest absolute Gasteiger partial charge is 0.507 e. The zero-order valence-electron chi connectivity index (χ0n) is 17.9. The molecule has 0 spiro atoms. The van der Waals surface area contributed by atoms with E-state index < -0.39 is 11.9 Å². The van der Waals surface area contributed by atoms with Gasteiger partial charge in [-0.1, -0.05) is 6.07 Å². The van der Waals surface area contributed by atoms with Gasteiger partial charge in [-0.05, 0) is 32.9 Å². The SMILES string of the molecule is CC(C)(C)Nc1nc(-c2c(O)cccc2F)cc2c1CN1CCN(C(=O)O)C[C@@H]1CO2. The quantitative estimate of drug-likeness (QED) is 0.672. The van der Waals surface area contributed by atoms with Crippen molar-refractivity contribution >= 4 is 11.9 Å². The number of carboxylic acid groups (broad SMARTS) is 1. The predicted molar refractivity (Wildman–Crippen MR) is 114 cm³/mol. The summed E-state index contributed by atoms with van der Waals surface area (Å²) in [5.74, 6) is 0.342. The van der Waals surface area contributed by atoms with E-state index in [4.69, 9.17) is 4.74 Å². The molecular weight excluding hydrogens is 403 g/mol. The first-order chi connectivity index (χ1) is 14.6. The third-order valence-corrected chi connectivity index (χ3v) is 5.49. The zero-order valence-corrected chi connectivity index (χ0v) is 17.9. The molecule has 2 aromatic rings. The van der Waals surface area contributed by atoms with Crippen molar-refractivity contribution in [2.75, 3.05) is 31.6 Å². The number of phenols is 1. The molecule has 0 radical (unpaired) electrons. The molecule has 3 heterocycles. The van der Waals surface area contributed by atoms with Crippen molar-refractivity contribution in [3.05, 3.63) is 35.6 Å². The summed E-state index contributed by atoms with van der Waals surface area (Å²) in [4.78, 5) is 19.7. The fourth-order valence-electron chi connectivity index (χ4n) is 4.00. The molecule has 1 aromatic heterocycles. The van der Waals surface area contributed by atoms with Gasteiger partial charge in [-0.3, -0.25) is 4.90 Å². The molecule has 31 heavy (non-hydrogen) atoms. The molecular formula is C22H27FN4O4. The number of hydrogen-bond acceptors (Lipinski definition) is 6. The molecule has 1 aromatic carbocycles. The summed E-state index contributed by atoms with van der Waals surface area (Å²) in [5.41, 5.74) is 0.809. The van der Waals surface area contributed by atoms with Gasteiger partial charge in [0.05, 0.1) is 22.9 Å². The van der Waals surface area contributed by atoms with Crippen LogP contribution in [0.1, 0.15) is 26.3 Å². The number of benzene rings is 1. The fraction of sp³-hybridized carbons (Fsp3) is 0.455. The second-order valence-electron chi connectivity index (χ2n) is 9.01. The predicted octanol–water partition coefficient (Wildman–Crippen LogP) is 3.36. The van der Waals surface area contributed by atoms with Crippen molar-refractivity contribution in [2.24, 2.45) is 0 Å². The highest BCUT2D eigenvalue weighted by Gasteiger charge is 2.34. The Kier molecular flexibility index (Phi) is 5.38. The number of anilines is 1. The van der Waals surface area contributed by atoms with E-state index in [1.165, 1.54) is 23.1 Å². The Bertz CT molecular complexity index is 987. The van der Waals surface area contributed by atoms with Gasteiger partial charge in [0, 0.05) is 37.8 Å². The Hall–Kier alpha value is -3.07. The maximum Gasteiger partial charge on any atom is 0.407 e. The lowest BCUT2D eigenvalue weighted by molar-refractivity contribution is 0.0503. The monoisotopic (exact) mass is 430 g/mol. The molecule has 3 N–H and O–H groups in total. The second-order valence-corrected chi connectivity index (χ2v) is 9.01. The van der Waals surface area contributed by atoms with Crippen LogP contribution < -0.4 is 10.1 Å². The smallest absolute Gasteiger partial charge is 0.407 e. The van der Waals surface area contributed by atoms with Crippen LogP contribution in [0.2, 0.25) is 0 Å². The van der Waals surface area contributed by atoms with Gasteiger partial charge < -0.3 is 25.2 Å². The molecule has 2 aliphatic heterocycles. The summed E-state index contributed by atoms with van der Waals surface area (Å²) in [6.45, 7) is 8.21. The van der Waals surface area contributed by atoms with Crippen LogP contribution >= 0.6 is 0 Å². The Morgan fingerprint density at radius 2 is 2.10 bits per heavy atom. The van der Waals surface area contributed by atoms with Crippen molar-refractivity contribution in [1.82, 2.24) is 14.8 Å². The lowest BCUT2D eigenvalue weighted by atomic mass is 10.0. The molecule has 1 saturated heterocycles. The van der Waals surface area contributed by atoms with E-state index in [1.54, 1.807) is 6.07 Å². The van der Waals surface area contributed by atoms with Crippen LogP contribution in [0.4, 0.5) is 15.0 Å². The van der Waals surface area contributed by atoms with Crippen molar-refractivity contribution < 1.29 is 24.1 Å². The number of hydrogen-bond donors (Lipinski definition) is 3. The van der Waals surface area contributed by atoms with Crippen molar-refractivity contribution in [2.45, 2.75) is 38.9 Å². The van der Waals surface area contributed by atoms with Crippen LogP contribution in [0.3, 0.4) is 0 Å². The van der Waals surface area contributed by atoms with Crippen LogP contribution in [0.5, 0.6) is 11.5 Å². The molecule has 166 valence electrons. The first-order valence-electron chi connectivity index (χ1n) is 10.3. The third-order valence-electron chi connectivity index (χ3n) is 5.49. The average Bonchev–Trinajstić information content (AvgIpc) is 2.86. The number of ether oxygens (including phenoxy) is 1. The van der Waals surface area contributed by atoms with Gasteiger partial charge in [0.15, 0.2) is 0 Å². The Morgan fingerprint density at radius 3 is 2.77 bits per heavy atom. The number of aromatic nitrogens is 1. The standard InChI is InChI=1S/C22H27FN4O4/c1-22(2,3)25-20-14-11-26-7-8-27(21(29)30)10-13(26)12-31-18(14)9-16(24-20)19-15(23)5-4-6-17(19)28/h4-6,9,13,28H,7-8,10-12H2,1-3H3,(H,24,25)(H,29,30)/t13-/m1/s1. The summed E-state index contributed by atoms with van der Waals surface area (Å²) in [6, 6.07) is 5.69. The Morgan fingerprint density at radius 1 is 1.32 bits per heavy atom. The lowest BCUT2D eigenvalue weighted by Gasteiger charge is -2.38. The van der Waals surface area contributed by atoms with Crippen LogP contribution in [-0.2, 0) is 6.54 Å². The highest BCUT2D eigenvalue weighted by atomic mass is 19.1. The van der Waals surface area contributed by atoms with Crippen LogP contribution in [0, 0.1) is 5.82 Å². The number of rotatable bonds is 2. The van der Waals surface area contributed by atoms with E-state index >= 15 is 0 Å². The maximum absolute atomic E-state index is 14.5. The van der Waals surface area contributed by atoms with Crippen molar-refractivity contribution in [3.8, 4) is 22.8 Å². The van der Waals surface area contributed by atoms with Crippen LogP contribution in [-0.4, -0.2) is 68.9 Å². The van der Waals surface area contributed by atoms with Crippen LogP contribution in [0.15, 0.2) is 24.3 Å². The molecule has 0 saturated carbocycles. The van der Waals surface area contributed by atoms with Crippen LogP contribution in [0.25, 0.3) is 11.3 Å². The zero-order chi connectivity index (χ0) is 22.3. The molecule has 8 nitrogen and oxygen atoms in total. The van der Waals surface area contributed by atoms with E-state index in [2.05, 4.69) is 15.2 Å². The molecule has 9 heteroatoms. The third kappa shape index (κ3) is 4.36. The van der Waals surface area contributed by atoms with Gasteiger partial charge >= 0.3 is 6.09 Å². The van der Waals surface area contributed by atoms with Crippen molar-refractivity contribution in [3.63, 3.8) is 0 Å². The minimum Gasteiger partial charge on any atom is -0.507 e. The number of nitrogens with one attached hydrogen (secondary N) is 1. The molecule has 0 unspecified atom stereocenters. The minimum absolute atomic E-state index is 0.0184. The molecule has 0 bridgehead atoms. The minimum atomic E-state index is -0.935. The number of phenolic OH excluding ortho intramolecular Hbond substituents is 1. The summed E-state index contributed by atoms with van der Waals surface area (Å²) >= 11 is 0. The Labute approximate surface area is 180 Å². The number of piperazine rings is 1.